The van der Waals surface area contributed by atoms with Crippen LogP contribution in [0.25, 0.3) is 11.3 Å². The molecule has 4 rings (SSSR count). The molecule has 2 aromatic carbocycles. The summed E-state index contributed by atoms with van der Waals surface area (Å²) in [4.78, 5) is 22.6. The van der Waals surface area contributed by atoms with Gasteiger partial charge in [0.25, 0.3) is 0 Å². The van der Waals surface area contributed by atoms with E-state index >= 15 is 0 Å². The number of carbonyl (C=O) groups excluding carboxylic acids is 2. The molecular formula is C27H24O6. The number of benzene rings is 2. The molecule has 0 aliphatic carbocycles. The first-order valence-electron chi connectivity index (χ1n) is 10.7. The Morgan fingerprint density at radius 3 is 1.97 bits per heavy atom. The number of hydrogen-bond donors (Lipinski definition) is 0. The summed E-state index contributed by atoms with van der Waals surface area (Å²) >= 11 is 0. The molecule has 6 heteroatoms. The Kier molecular flexibility index (Phi) is 6.86. The minimum atomic E-state index is -0.497. The van der Waals surface area contributed by atoms with Crippen LogP contribution in [0.15, 0.2) is 90.4 Å². The van der Waals surface area contributed by atoms with Gasteiger partial charge in [0.05, 0.1) is 6.61 Å². The van der Waals surface area contributed by atoms with Gasteiger partial charge in [-0.05, 0) is 66.9 Å². The molecule has 2 unspecified atom stereocenters. The first-order chi connectivity index (χ1) is 16.1. The summed E-state index contributed by atoms with van der Waals surface area (Å²) in [6.07, 6.45) is 3.95. The number of hydrogen-bond acceptors (Lipinski definition) is 6. The second-order valence-corrected chi connectivity index (χ2v) is 7.64. The Balaban J connectivity index is 1.34. The van der Waals surface area contributed by atoms with Gasteiger partial charge in [-0.15, -0.1) is 0 Å². The SMILES string of the molecule is C=CC(=O)Oc1ccc(-c2ccc(C3CCC(c4ccc(OC(=O)C=C)cc4)CO3)o2)cc1. The van der Waals surface area contributed by atoms with Crippen molar-refractivity contribution in [2.45, 2.75) is 24.9 Å². The van der Waals surface area contributed by atoms with Gasteiger partial charge in [0.1, 0.15) is 29.1 Å². The maximum atomic E-state index is 11.3. The maximum absolute atomic E-state index is 11.3. The van der Waals surface area contributed by atoms with E-state index in [1.165, 1.54) is 0 Å². The van der Waals surface area contributed by atoms with Crippen LogP contribution in [-0.4, -0.2) is 18.5 Å². The third-order valence-electron chi connectivity index (χ3n) is 5.48. The highest BCUT2D eigenvalue weighted by molar-refractivity contribution is 5.83. The monoisotopic (exact) mass is 444 g/mol. The van der Waals surface area contributed by atoms with Crippen molar-refractivity contribution in [2.24, 2.45) is 0 Å². The van der Waals surface area contributed by atoms with E-state index in [1.807, 2.05) is 36.4 Å². The van der Waals surface area contributed by atoms with E-state index in [0.717, 1.165) is 47.6 Å². The van der Waals surface area contributed by atoms with Gasteiger partial charge < -0.3 is 18.6 Å². The van der Waals surface area contributed by atoms with Crippen LogP contribution < -0.4 is 9.47 Å². The van der Waals surface area contributed by atoms with Gasteiger partial charge >= 0.3 is 11.9 Å². The molecule has 6 nitrogen and oxygen atoms in total. The van der Waals surface area contributed by atoms with Crippen molar-refractivity contribution in [2.75, 3.05) is 6.61 Å². The van der Waals surface area contributed by atoms with Gasteiger partial charge in [-0.25, -0.2) is 9.59 Å². The molecule has 0 saturated carbocycles. The standard InChI is InChI=1S/C27H24O6/c1-3-26(28)31-21-10-5-18(6-11-21)20-9-14-24(30-17-20)25-16-15-23(33-25)19-7-12-22(13-8-19)32-27(29)4-2/h3-8,10-13,15-16,20,24H,1-2,9,14,17H2. The fourth-order valence-corrected chi connectivity index (χ4v) is 3.73. The molecule has 0 radical (unpaired) electrons. The molecule has 0 amide bonds. The van der Waals surface area contributed by atoms with Crippen LogP contribution in [0.4, 0.5) is 0 Å². The second kappa shape index (κ2) is 10.1. The predicted octanol–water partition coefficient (Wildman–Crippen LogP) is 5.76. The third-order valence-corrected chi connectivity index (χ3v) is 5.48. The average molecular weight is 444 g/mol. The lowest BCUT2D eigenvalue weighted by Gasteiger charge is -2.28. The Hall–Kier alpha value is -3.90. The zero-order chi connectivity index (χ0) is 23.2. The van der Waals surface area contributed by atoms with E-state index in [2.05, 4.69) is 13.2 Å². The summed E-state index contributed by atoms with van der Waals surface area (Å²) < 4.78 is 22.4. The van der Waals surface area contributed by atoms with Gasteiger partial charge in [-0.3, -0.25) is 0 Å². The van der Waals surface area contributed by atoms with E-state index < -0.39 is 11.9 Å². The molecule has 0 bridgehead atoms. The van der Waals surface area contributed by atoms with E-state index in [1.54, 1.807) is 24.3 Å². The third kappa shape index (κ3) is 5.48. The first-order valence-corrected chi connectivity index (χ1v) is 10.7. The summed E-state index contributed by atoms with van der Waals surface area (Å²) in [6.45, 7) is 7.36. The quantitative estimate of drug-likeness (QED) is 0.262. The number of rotatable bonds is 7. The molecule has 1 saturated heterocycles. The van der Waals surface area contributed by atoms with Crippen molar-refractivity contribution in [1.82, 2.24) is 0 Å². The molecule has 1 aliphatic heterocycles. The smallest absolute Gasteiger partial charge is 0.335 e. The number of esters is 2. The summed E-state index contributed by atoms with van der Waals surface area (Å²) in [5, 5.41) is 0. The zero-order valence-corrected chi connectivity index (χ0v) is 18.1. The second-order valence-electron chi connectivity index (χ2n) is 7.64. The van der Waals surface area contributed by atoms with Crippen LogP contribution >= 0.6 is 0 Å². The van der Waals surface area contributed by atoms with Crippen LogP contribution in [0.3, 0.4) is 0 Å². The Labute approximate surface area is 192 Å². The summed E-state index contributed by atoms with van der Waals surface area (Å²) in [5.41, 5.74) is 2.02. The van der Waals surface area contributed by atoms with E-state index in [4.69, 9.17) is 18.6 Å². The summed E-state index contributed by atoms with van der Waals surface area (Å²) in [6, 6.07) is 18.4. The Morgan fingerprint density at radius 2 is 1.42 bits per heavy atom. The van der Waals surface area contributed by atoms with Gasteiger partial charge in [-0.2, -0.15) is 0 Å². The lowest BCUT2D eigenvalue weighted by molar-refractivity contribution is -0.129. The lowest BCUT2D eigenvalue weighted by Crippen LogP contribution is -2.19. The molecule has 168 valence electrons. The molecule has 1 fully saturated rings. The average Bonchev–Trinajstić information content (AvgIpc) is 3.35. The largest absolute Gasteiger partial charge is 0.458 e. The molecule has 1 aliphatic rings. The Bertz CT molecular complexity index is 1130. The molecular weight excluding hydrogens is 420 g/mol. The fourth-order valence-electron chi connectivity index (χ4n) is 3.73. The van der Waals surface area contributed by atoms with Crippen molar-refractivity contribution < 1.29 is 28.2 Å². The van der Waals surface area contributed by atoms with Crippen LogP contribution in [0.5, 0.6) is 11.5 Å². The van der Waals surface area contributed by atoms with Crippen LogP contribution in [-0.2, 0) is 14.3 Å². The van der Waals surface area contributed by atoms with E-state index in [-0.39, 0.29) is 12.0 Å². The molecule has 2 heterocycles. The van der Waals surface area contributed by atoms with Gasteiger partial charge in [0.2, 0.25) is 0 Å². The predicted molar refractivity (Wildman–Crippen MR) is 123 cm³/mol. The van der Waals surface area contributed by atoms with Gasteiger partial charge in [0.15, 0.2) is 0 Å². The van der Waals surface area contributed by atoms with Crippen molar-refractivity contribution in [1.29, 1.82) is 0 Å². The number of carbonyl (C=O) groups is 2. The number of ether oxygens (including phenoxy) is 3. The van der Waals surface area contributed by atoms with Gasteiger partial charge in [0, 0.05) is 23.6 Å². The zero-order valence-electron chi connectivity index (χ0n) is 18.1. The topological polar surface area (TPSA) is 75.0 Å². The molecule has 3 aromatic rings. The van der Waals surface area contributed by atoms with Crippen molar-refractivity contribution in [3.63, 3.8) is 0 Å². The highest BCUT2D eigenvalue weighted by atomic mass is 16.5. The van der Waals surface area contributed by atoms with Crippen LogP contribution in [0, 0.1) is 0 Å². The highest BCUT2D eigenvalue weighted by Gasteiger charge is 2.26. The minimum absolute atomic E-state index is 0.101. The summed E-state index contributed by atoms with van der Waals surface area (Å²) in [5.74, 6) is 1.75. The molecule has 2 atom stereocenters. The Morgan fingerprint density at radius 1 is 0.818 bits per heavy atom. The normalized spacial score (nSPS) is 17.7. The lowest BCUT2D eigenvalue weighted by atomic mass is 9.91. The molecule has 0 N–H and O–H groups in total. The summed E-state index contributed by atoms with van der Waals surface area (Å²) in [7, 11) is 0. The van der Waals surface area contributed by atoms with Crippen molar-refractivity contribution in [3.8, 4) is 22.8 Å². The minimum Gasteiger partial charge on any atom is -0.458 e. The number of furan rings is 1. The molecule has 1 aromatic heterocycles. The molecule has 33 heavy (non-hydrogen) atoms. The molecule has 0 spiro atoms. The van der Waals surface area contributed by atoms with E-state index in [0.29, 0.717) is 18.1 Å². The van der Waals surface area contributed by atoms with Gasteiger partial charge in [-0.1, -0.05) is 25.3 Å². The maximum Gasteiger partial charge on any atom is 0.335 e. The fraction of sp³-hybridized carbons (Fsp3) is 0.185. The first kappa shape index (κ1) is 22.3. The van der Waals surface area contributed by atoms with Crippen LogP contribution in [0.2, 0.25) is 0 Å². The van der Waals surface area contributed by atoms with Crippen molar-refractivity contribution in [3.05, 3.63) is 97.3 Å². The van der Waals surface area contributed by atoms with Crippen LogP contribution in [0.1, 0.15) is 36.2 Å². The van der Waals surface area contributed by atoms with Crippen molar-refractivity contribution >= 4 is 11.9 Å². The van der Waals surface area contributed by atoms with E-state index in [9.17, 15) is 9.59 Å². The highest BCUT2D eigenvalue weighted by Crippen LogP contribution is 2.37.